The number of alkyl halides is 1. The molecule has 3 aromatic carbocycles. The molecule has 0 amide bonds. The van der Waals surface area contributed by atoms with Crippen LogP contribution in [0.25, 0.3) is 0 Å². The molecule has 0 aromatic heterocycles. The van der Waals surface area contributed by atoms with E-state index < -0.39 is 7.92 Å². The van der Waals surface area contributed by atoms with Crippen molar-refractivity contribution < 1.29 is 13.9 Å². The predicted molar refractivity (Wildman–Crippen MR) is 115 cm³/mol. The summed E-state index contributed by atoms with van der Waals surface area (Å²) in [6.45, 7) is -0.337. The van der Waals surface area contributed by atoms with Gasteiger partial charge in [0.25, 0.3) is 0 Å². The summed E-state index contributed by atoms with van der Waals surface area (Å²) < 4.78 is 17.9. The van der Waals surface area contributed by atoms with Gasteiger partial charge in [-0.25, -0.2) is 0 Å². The lowest BCUT2D eigenvalue weighted by Crippen LogP contribution is -2.23. The van der Waals surface area contributed by atoms with Gasteiger partial charge in [0, 0.05) is 11.7 Å². The molecule has 144 valence electrons. The third-order valence-corrected chi connectivity index (χ3v) is 6.85. The summed E-state index contributed by atoms with van der Waals surface area (Å²) in [6.07, 6.45) is 2.16. The smallest absolute Gasteiger partial charge is 0.311 e. The number of hydrogen-bond acceptors (Lipinski definition) is 2. The molecule has 0 bridgehead atoms. The molecule has 3 aromatic rings. The van der Waals surface area contributed by atoms with E-state index in [1.165, 1.54) is 10.6 Å². The molecule has 0 spiro atoms. The van der Waals surface area contributed by atoms with Crippen molar-refractivity contribution in [3.8, 4) is 5.75 Å². The molecule has 0 aliphatic carbocycles. The summed E-state index contributed by atoms with van der Waals surface area (Å²) in [5, 5.41) is 3.43. The summed E-state index contributed by atoms with van der Waals surface area (Å²) >= 11 is 0. The number of halogens is 1. The Balaban J connectivity index is 1.88. The normalized spacial score (nSPS) is 10.8. The number of hydrogen-bond donors (Lipinski definition) is 0. The second-order valence-corrected chi connectivity index (χ2v) is 8.63. The average molecular weight is 394 g/mol. The summed E-state index contributed by atoms with van der Waals surface area (Å²) in [6, 6.07) is 28.4. The lowest BCUT2D eigenvalue weighted by Gasteiger charge is -2.21. The maximum absolute atomic E-state index is 12.3. The largest absolute Gasteiger partial charge is 0.426 e. The van der Waals surface area contributed by atoms with Crippen LogP contribution in [0.15, 0.2) is 84.9 Å². The molecular weight excluding hydrogens is 370 g/mol. The van der Waals surface area contributed by atoms with E-state index in [1.54, 1.807) is 0 Å². The predicted octanol–water partition coefficient (Wildman–Crippen LogP) is 4.88. The second-order valence-electron chi connectivity index (χ2n) is 6.45. The van der Waals surface area contributed by atoms with Gasteiger partial charge in [0.15, 0.2) is 0 Å². The van der Waals surface area contributed by atoms with E-state index in [2.05, 4.69) is 24.3 Å². The Morgan fingerprint density at radius 3 is 1.93 bits per heavy atom. The first-order valence-electron chi connectivity index (χ1n) is 9.55. The first-order chi connectivity index (χ1) is 13.8. The zero-order valence-electron chi connectivity index (χ0n) is 15.8. The average Bonchev–Trinajstić information content (AvgIpc) is 2.74. The quantitative estimate of drug-likeness (QED) is 0.224. The highest BCUT2D eigenvalue weighted by Gasteiger charge is 2.21. The van der Waals surface area contributed by atoms with Crippen molar-refractivity contribution >= 4 is 29.8 Å². The molecule has 4 heteroatoms. The van der Waals surface area contributed by atoms with E-state index in [-0.39, 0.29) is 12.6 Å². The van der Waals surface area contributed by atoms with Gasteiger partial charge in [0.05, 0.1) is 6.67 Å². The fourth-order valence-electron chi connectivity index (χ4n) is 3.02. The van der Waals surface area contributed by atoms with Crippen LogP contribution in [0.5, 0.6) is 5.75 Å². The van der Waals surface area contributed by atoms with Crippen molar-refractivity contribution in [1.82, 2.24) is 0 Å². The zero-order valence-corrected chi connectivity index (χ0v) is 16.7. The Bertz CT molecular complexity index is 829. The number of rotatable bonds is 9. The van der Waals surface area contributed by atoms with Gasteiger partial charge in [-0.1, -0.05) is 85.3 Å². The molecule has 28 heavy (non-hydrogen) atoms. The summed E-state index contributed by atoms with van der Waals surface area (Å²) in [7, 11) is -0.843. The van der Waals surface area contributed by atoms with E-state index in [1.807, 2.05) is 60.7 Å². The lowest BCUT2D eigenvalue weighted by atomic mass is 10.2. The molecule has 3 rings (SSSR count). The van der Waals surface area contributed by atoms with E-state index >= 15 is 0 Å². The highest BCUT2D eigenvalue weighted by molar-refractivity contribution is 7.80. The van der Waals surface area contributed by atoms with Crippen LogP contribution in [0, 0.1) is 0 Å². The van der Waals surface area contributed by atoms with Gasteiger partial charge in [-0.15, -0.1) is 0 Å². The summed E-state index contributed by atoms with van der Waals surface area (Å²) in [5.41, 5.74) is 0. The summed E-state index contributed by atoms with van der Waals surface area (Å²) in [5.74, 6) is 0.346. The fraction of sp³-hybridized carbons (Fsp3) is 0.208. The summed E-state index contributed by atoms with van der Waals surface area (Å²) in [4.78, 5) is 12.3. The lowest BCUT2D eigenvalue weighted by molar-refractivity contribution is -0.134. The van der Waals surface area contributed by atoms with Crippen molar-refractivity contribution in [2.75, 3.05) is 6.67 Å². The Morgan fingerprint density at radius 2 is 1.32 bits per heavy atom. The first kappa shape index (κ1) is 20.2. The van der Waals surface area contributed by atoms with Gasteiger partial charge in [0.2, 0.25) is 0 Å². The van der Waals surface area contributed by atoms with Crippen molar-refractivity contribution in [3.63, 3.8) is 0 Å². The Morgan fingerprint density at radius 1 is 0.750 bits per heavy atom. The van der Waals surface area contributed by atoms with Crippen molar-refractivity contribution in [2.24, 2.45) is 0 Å². The van der Waals surface area contributed by atoms with Gasteiger partial charge < -0.3 is 4.74 Å². The van der Waals surface area contributed by atoms with Crippen LogP contribution in [0.3, 0.4) is 0 Å². The van der Waals surface area contributed by atoms with Crippen LogP contribution in [-0.4, -0.2) is 12.6 Å². The van der Waals surface area contributed by atoms with Crippen LogP contribution >= 0.6 is 7.92 Å². The van der Waals surface area contributed by atoms with Gasteiger partial charge >= 0.3 is 5.97 Å². The molecule has 0 heterocycles. The molecular formula is C24H24FO2P. The number of ether oxygens (including phenoxy) is 1. The zero-order chi connectivity index (χ0) is 19.6. The minimum Gasteiger partial charge on any atom is -0.426 e. The number of carbonyl (C=O) groups excluding carboxylic acids is 1. The fourth-order valence-corrected chi connectivity index (χ4v) is 5.39. The Kier molecular flexibility index (Phi) is 7.75. The maximum atomic E-state index is 12.3. The third-order valence-electron chi connectivity index (χ3n) is 4.37. The molecule has 0 aliphatic rings. The second kappa shape index (κ2) is 10.7. The van der Waals surface area contributed by atoms with Gasteiger partial charge in [0.1, 0.15) is 5.75 Å². The standard InChI is InChI=1S/C24H24FO2P/c25-19-11-3-8-18-24(26)27-22-16-9-10-17-23(22)28(20-12-4-1-5-13-20)21-14-6-2-7-15-21/h1-2,4-7,9-10,12-17H,3,8,11,18-19H2. The Hall–Kier alpha value is -2.51. The van der Waals surface area contributed by atoms with Crippen LogP contribution < -0.4 is 20.7 Å². The highest BCUT2D eigenvalue weighted by atomic mass is 31.1. The Labute approximate surface area is 167 Å². The van der Waals surface area contributed by atoms with E-state index in [0.29, 0.717) is 31.4 Å². The van der Waals surface area contributed by atoms with Crippen molar-refractivity contribution in [1.29, 1.82) is 0 Å². The maximum Gasteiger partial charge on any atom is 0.311 e. The minimum atomic E-state index is -0.843. The molecule has 0 atom stereocenters. The molecule has 0 fully saturated rings. The third kappa shape index (κ3) is 5.50. The van der Waals surface area contributed by atoms with E-state index in [9.17, 15) is 9.18 Å². The van der Waals surface area contributed by atoms with Crippen LogP contribution in [0.1, 0.15) is 25.7 Å². The minimum absolute atomic E-state index is 0.262. The van der Waals surface area contributed by atoms with E-state index in [0.717, 1.165) is 5.30 Å². The number of carbonyl (C=O) groups is 1. The van der Waals surface area contributed by atoms with Gasteiger partial charge in [-0.05, 0) is 37.4 Å². The van der Waals surface area contributed by atoms with Crippen molar-refractivity contribution in [2.45, 2.75) is 25.7 Å². The van der Waals surface area contributed by atoms with Gasteiger partial charge in [-0.2, -0.15) is 0 Å². The number of esters is 1. The molecule has 2 nitrogen and oxygen atoms in total. The topological polar surface area (TPSA) is 26.3 Å². The number of unbranched alkanes of at least 4 members (excludes halogenated alkanes) is 2. The van der Waals surface area contributed by atoms with E-state index in [4.69, 9.17) is 4.74 Å². The molecule has 0 aliphatic heterocycles. The SMILES string of the molecule is O=C(CCCCCF)Oc1ccccc1P(c1ccccc1)c1ccccc1. The highest BCUT2D eigenvalue weighted by Crippen LogP contribution is 2.36. The van der Waals surface area contributed by atoms with Crippen molar-refractivity contribution in [3.05, 3.63) is 84.9 Å². The molecule has 0 unspecified atom stereocenters. The number of para-hydroxylation sites is 1. The monoisotopic (exact) mass is 394 g/mol. The molecule has 0 radical (unpaired) electrons. The molecule has 0 saturated carbocycles. The van der Waals surface area contributed by atoms with Crippen LogP contribution in [-0.2, 0) is 4.79 Å². The molecule has 0 saturated heterocycles. The van der Waals surface area contributed by atoms with Gasteiger partial charge in [-0.3, -0.25) is 9.18 Å². The first-order valence-corrected chi connectivity index (χ1v) is 10.9. The van der Waals surface area contributed by atoms with Crippen LogP contribution in [0.4, 0.5) is 4.39 Å². The molecule has 0 N–H and O–H groups in total. The number of benzene rings is 3. The van der Waals surface area contributed by atoms with Crippen LogP contribution in [0.2, 0.25) is 0 Å².